The van der Waals surface area contributed by atoms with Crippen LogP contribution in [0, 0.1) is 5.92 Å². The number of hydrogen-bond donors (Lipinski definition) is 4. The Hall–Kier alpha value is -3.15. The molecule has 0 bridgehead atoms. The molecule has 4 rings (SSSR count). The van der Waals surface area contributed by atoms with E-state index < -0.39 is 16.4 Å². The lowest BCUT2D eigenvalue weighted by Gasteiger charge is -2.34. The highest BCUT2D eigenvalue weighted by atomic mass is 32.2. The zero-order valence-corrected chi connectivity index (χ0v) is 19.0. The average molecular weight is 477 g/mol. The molecule has 1 heterocycles. The highest BCUT2D eigenvalue weighted by Crippen LogP contribution is 2.47. The molecule has 33 heavy (non-hydrogen) atoms. The molecular formula is C22H28N4O6S. The third kappa shape index (κ3) is 6.67. The first-order valence-electron chi connectivity index (χ1n) is 10.5. The van der Waals surface area contributed by atoms with Crippen LogP contribution >= 0.6 is 0 Å². The highest BCUT2D eigenvalue weighted by Gasteiger charge is 2.50. The molecule has 1 aliphatic heterocycles. The molecule has 1 saturated carbocycles. The second kappa shape index (κ2) is 10.6. The van der Waals surface area contributed by atoms with Crippen LogP contribution in [-0.4, -0.2) is 72.2 Å². The fourth-order valence-electron chi connectivity index (χ4n) is 3.93. The van der Waals surface area contributed by atoms with Crippen molar-refractivity contribution < 1.29 is 28.2 Å². The van der Waals surface area contributed by atoms with E-state index >= 15 is 0 Å². The number of carbonyl (C=O) groups excluding carboxylic acids is 1. The van der Waals surface area contributed by atoms with Gasteiger partial charge in [0.15, 0.2) is 0 Å². The Morgan fingerprint density at radius 2 is 1.42 bits per heavy atom. The second-order valence-corrected chi connectivity index (χ2v) is 9.61. The van der Waals surface area contributed by atoms with Gasteiger partial charge in [-0.25, -0.2) is 9.59 Å². The Labute approximate surface area is 193 Å². The molecule has 0 spiro atoms. The van der Waals surface area contributed by atoms with Gasteiger partial charge >= 0.3 is 12.2 Å². The summed E-state index contributed by atoms with van der Waals surface area (Å²) in [6.45, 7) is 3.36. The molecule has 0 aromatic heterocycles. The van der Waals surface area contributed by atoms with Crippen LogP contribution in [0.2, 0.25) is 0 Å². The third-order valence-electron chi connectivity index (χ3n) is 5.74. The van der Waals surface area contributed by atoms with E-state index in [4.69, 9.17) is 15.0 Å². The number of nitrogens with one attached hydrogen (secondary N) is 2. The van der Waals surface area contributed by atoms with Gasteiger partial charge < -0.3 is 20.4 Å². The van der Waals surface area contributed by atoms with Crippen molar-refractivity contribution in [2.75, 3.05) is 31.5 Å². The molecule has 2 aromatic carbocycles. The minimum Gasteiger partial charge on any atom is -0.450 e. The Kier molecular flexibility index (Phi) is 7.90. The Morgan fingerprint density at radius 1 is 0.909 bits per heavy atom. The van der Waals surface area contributed by atoms with Crippen LogP contribution in [0.15, 0.2) is 60.7 Å². The fourth-order valence-corrected chi connectivity index (χ4v) is 5.43. The molecule has 0 unspecified atom stereocenters. The lowest BCUT2D eigenvalue weighted by Crippen LogP contribution is -2.54. The fraction of sp³-hybridized carbons (Fsp3) is 0.364. The summed E-state index contributed by atoms with van der Waals surface area (Å²) in [7, 11) is -3.58. The van der Waals surface area contributed by atoms with Gasteiger partial charge in [0.1, 0.15) is 0 Å². The monoisotopic (exact) mass is 476 g/mol. The van der Waals surface area contributed by atoms with Crippen molar-refractivity contribution in [2.45, 2.75) is 18.9 Å². The van der Waals surface area contributed by atoms with Crippen molar-refractivity contribution in [3.63, 3.8) is 0 Å². The molecule has 1 saturated heterocycles. The summed E-state index contributed by atoms with van der Waals surface area (Å²) in [5, 5.41) is 16.8. The topological polar surface area (TPSA) is 139 Å². The minimum atomic E-state index is -3.58. The Morgan fingerprint density at radius 3 is 1.97 bits per heavy atom. The molecule has 3 atom stereocenters. The van der Waals surface area contributed by atoms with Gasteiger partial charge in [-0.2, -0.15) is 17.4 Å². The molecule has 0 radical (unpaired) electrons. The number of amides is 2. The number of nitrogens with zero attached hydrogens (tertiary/aromatic N) is 2. The van der Waals surface area contributed by atoms with Crippen LogP contribution in [0.5, 0.6) is 0 Å². The average Bonchev–Trinajstić information content (AvgIpc) is 3.42. The summed E-state index contributed by atoms with van der Waals surface area (Å²) in [5.41, 5.74) is 1.89. The Bertz CT molecular complexity index is 1040. The van der Waals surface area contributed by atoms with E-state index in [0.717, 1.165) is 11.3 Å². The number of benzene rings is 2. The number of urea groups is 1. The molecule has 11 heteroatoms. The van der Waals surface area contributed by atoms with E-state index in [-0.39, 0.29) is 37.0 Å². The first-order valence-corrected chi connectivity index (χ1v) is 12.0. The summed E-state index contributed by atoms with van der Waals surface area (Å²) < 4.78 is 29.9. The van der Waals surface area contributed by atoms with Crippen molar-refractivity contribution in [2.24, 2.45) is 5.92 Å². The number of carbonyl (C=O) groups is 2. The van der Waals surface area contributed by atoms with Crippen LogP contribution in [0.3, 0.4) is 0 Å². The molecule has 1 aliphatic carbocycles. The van der Waals surface area contributed by atoms with E-state index in [1.165, 1.54) is 4.31 Å². The van der Waals surface area contributed by atoms with E-state index in [0.29, 0.717) is 13.1 Å². The number of carboxylic acid groups (broad SMARTS) is 2. The molecule has 2 fully saturated rings. The van der Waals surface area contributed by atoms with Gasteiger partial charge in [0.2, 0.25) is 0 Å². The first-order chi connectivity index (χ1) is 15.7. The maximum Gasteiger partial charge on any atom is 0.503 e. The smallest absolute Gasteiger partial charge is 0.450 e. The normalized spacial score (nSPS) is 22.6. The lowest BCUT2D eigenvalue weighted by atomic mass is 10.1. The van der Waals surface area contributed by atoms with Crippen LogP contribution in [-0.2, 0) is 10.2 Å². The molecule has 10 nitrogen and oxygen atoms in total. The van der Waals surface area contributed by atoms with Gasteiger partial charge in [-0.15, -0.1) is 0 Å². The van der Waals surface area contributed by atoms with E-state index in [1.807, 2.05) is 60.7 Å². The van der Waals surface area contributed by atoms with Gasteiger partial charge in [-0.3, -0.25) is 0 Å². The van der Waals surface area contributed by atoms with Crippen LogP contribution < -0.4 is 10.0 Å². The van der Waals surface area contributed by atoms with Crippen molar-refractivity contribution in [1.82, 2.24) is 13.9 Å². The molecule has 2 aliphatic rings. The second-order valence-electron chi connectivity index (χ2n) is 7.91. The van der Waals surface area contributed by atoms with Crippen molar-refractivity contribution in [3.05, 3.63) is 66.2 Å². The maximum atomic E-state index is 12.8. The SMILES string of the molecule is C[C@H]1[C@H](NS(=O)(=O)N2CCN(C(=O)Nc3ccccc3)CC2)[C@H]1c1ccccc1.O=C(O)O. The van der Waals surface area contributed by atoms with Gasteiger partial charge in [-0.1, -0.05) is 55.5 Å². The highest BCUT2D eigenvalue weighted by molar-refractivity contribution is 7.87. The van der Waals surface area contributed by atoms with Crippen LogP contribution in [0.4, 0.5) is 15.3 Å². The van der Waals surface area contributed by atoms with Crippen molar-refractivity contribution >= 4 is 28.1 Å². The molecular weight excluding hydrogens is 448 g/mol. The number of rotatable bonds is 5. The zero-order chi connectivity index (χ0) is 24.0. The summed E-state index contributed by atoms with van der Waals surface area (Å²) in [6, 6.07) is 18.9. The van der Waals surface area contributed by atoms with E-state index in [9.17, 15) is 13.2 Å². The third-order valence-corrected chi connectivity index (χ3v) is 7.35. The van der Waals surface area contributed by atoms with Gasteiger partial charge in [-0.05, 0) is 23.6 Å². The quantitative estimate of drug-likeness (QED) is 0.523. The zero-order valence-electron chi connectivity index (χ0n) is 18.2. The number of para-hydroxylation sites is 1. The summed E-state index contributed by atoms with van der Waals surface area (Å²) in [6.07, 6.45) is -1.83. The lowest BCUT2D eigenvalue weighted by molar-refractivity contribution is 0.137. The van der Waals surface area contributed by atoms with Gasteiger partial charge in [0.05, 0.1) is 0 Å². The number of hydrogen-bond acceptors (Lipinski definition) is 4. The summed E-state index contributed by atoms with van der Waals surface area (Å²) in [5.74, 6) is 0.481. The van der Waals surface area contributed by atoms with Crippen molar-refractivity contribution in [1.29, 1.82) is 0 Å². The molecule has 2 aromatic rings. The first kappa shape index (κ1) is 24.5. The largest absolute Gasteiger partial charge is 0.503 e. The van der Waals surface area contributed by atoms with Gasteiger partial charge in [0.25, 0.3) is 10.2 Å². The number of piperazine rings is 1. The van der Waals surface area contributed by atoms with E-state index in [1.54, 1.807) is 4.90 Å². The Balaban J connectivity index is 0.000000709. The maximum absolute atomic E-state index is 12.8. The number of anilines is 1. The summed E-state index contributed by atoms with van der Waals surface area (Å²) >= 11 is 0. The molecule has 4 N–H and O–H groups in total. The molecule has 2 amide bonds. The molecule has 178 valence electrons. The van der Waals surface area contributed by atoms with Gasteiger partial charge in [0, 0.05) is 43.8 Å². The minimum absolute atomic E-state index is 0.0817. The predicted molar refractivity (Wildman–Crippen MR) is 123 cm³/mol. The summed E-state index contributed by atoms with van der Waals surface area (Å²) in [4.78, 5) is 22.6. The van der Waals surface area contributed by atoms with E-state index in [2.05, 4.69) is 17.0 Å². The predicted octanol–water partition coefficient (Wildman–Crippen LogP) is 2.69. The van der Waals surface area contributed by atoms with Crippen molar-refractivity contribution in [3.8, 4) is 0 Å². The standard InChI is InChI=1S/C21H26N4O3S.CH2O3/c1-16-19(17-8-4-2-5-9-17)20(16)23-29(27,28)25-14-12-24(13-15-25)21(26)22-18-10-6-3-7-11-18;2-1(3)4/h2-11,16,19-20,23H,12-15H2,1H3,(H,22,26);(H2,2,3,4)/t16-,19-,20+;/m1./s1. The van der Waals surface area contributed by atoms with Crippen LogP contribution in [0.25, 0.3) is 0 Å². The van der Waals surface area contributed by atoms with Crippen LogP contribution in [0.1, 0.15) is 18.4 Å².